The zero-order valence-electron chi connectivity index (χ0n) is 20.1. The molecular formula is C26H42O3S. The smallest absolute Gasteiger partial charge is 0.161 e. The molecule has 3 rings (SSSR count). The third-order valence-corrected chi connectivity index (χ3v) is 9.02. The van der Waals surface area contributed by atoms with E-state index in [0.717, 1.165) is 12.8 Å². The molecule has 3 nitrogen and oxygen atoms in total. The van der Waals surface area contributed by atoms with Crippen LogP contribution in [0, 0.1) is 36.5 Å². The van der Waals surface area contributed by atoms with Gasteiger partial charge in [0.05, 0.1) is 18.3 Å². The maximum Gasteiger partial charge on any atom is 0.161 e. The van der Waals surface area contributed by atoms with Crippen LogP contribution < -0.4 is 0 Å². The van der Waals surface area contributed by atoms with E-state index >= 15 is 0 Å². The Morgan fingerprint density at radius 2 is 1.33 bits per heavy atom. The molecule has 0 radical (unpaired) electrons. The third kappa shape index (κ3) is 5.09. The minimum absolute atomic E-state index is 0.0136. The number of benzene rings is 1. The third-order valence-electron chi connectivity index (χ3n) is 7.86. The van der Waals surface area contributed by atoms with E-state index in [-0.39, 0.29) is 30.0 Å². The Hall–Kier alpha value is -0.550. The van der Waals surface area contributed by atoms with Crippen molar-refractivity contribution in [1.29, 1.82) is 0 Å². The fraction of sp³-hybridized carbons (Fsp3) is 0.769. The maximum atomic E-state index is 6.81. The molecule has 10 atom stereocenters. The van der Waals surface area contributed by atoms with Crippen LogP contribution in [0.3, 0.4) is 0 Å². The Kier molecular flexibility index (Phi) is 8.34. The van der Waals surface area contributed by atoms with Gasteiger partial charge in [0.15, 0.2) is 6.29 Å². The highest BCUT2D eigenvalue weighted by atomic mass is 32.2. The molecule has 2 fully saturated rings. The summed E-state index contributed by atoms with van der Waals surface area (Å²) < 4.78 is 19.9. The van der Waals surface area contributed by atoms with Crippen LogP contribution in [0.2, 0.25) is 0 Å². The van der Waals surface area contributed by atoms with E-state index < -0.39 is 0 Å². The van der Waals surface area contributed by atoms with Gasteiger partial charge in [-0.3, -0.25) is 0 Å². The summed E-state index contributed by atoms with van der Waals surface area (Å²) in [5.41, 5.74) is 1.26. The summed E-state index contributed by atoms with van der Waals surface area (Å²) in [4.78, 5) is 1.24. The number of thioether (sulfide) groups is 1. The topological polar surface area (TPSA) is 27.7 Å². The fourth-order valence-electron chi connectivity index (χ4n) is 5.03. The summed E-state index contributed by atoms with van der Waals surface area (Å²) in [6, 6.07) is 8.73. The van der Waals surface area contributed by atoms with Gasteiger partial charge in [0.1, 0.15) is 5.44 Å². The molecule has 2 saturated heterocycles. The normalized spacial score (nSPS) is 42.3. The van der Waals surface area contributed by atoms with Gasteiger partial charge in [0, 0.05) is 10.8 Å². The maximum absolute atomic E-state index is 6.81. The van der Waals surface area contributed by atoms with Crippen molar-refractivity contribution in [2.75, 3.05) is 0 Å². The molecule has 170 valence electrons. The SMILES string of the molecule is CCC1O[C@H](OC2[C@@H](Sc3ccc(C)cc3)OC(CC)[C@@H](C)[C@@H]2C)C(C)[C@@H](C)[C@@H]1C. The Morgan fingerprint density at radius 3 is 1.93 bits per heavy atom. The van der Waals surface area contributed by atoms with Gasteiger partial charge < -0.3 is 14.2 Å². The van der Waals surface area contributed by atoms with Crippen LogP contribution in [-0.4, -0.2) is 30.0 Å². The molecular weight excluding hydrogens is 392 g/mol. The molecule has 4 unspecified atom stereocenters. The van der Waals surface area contributed by atoms with E-state index in [1.165, 1.54) is 10.5 Å². The van der Waals surface area contributed by atoms with Crippen LogP contribution in [0.1, 0.15) is 66.9 Å². The number of rotatable bonds is 6. The summed E-state index contributed by atoms with van der Waals surface area (Å²) >= 11 is 1.80. The summed E-state index contributed by atoms with van der Waals surface area (Å²) in [6.07, 6.45) is 2.46. The van der Waals surface area contributed by atoms with E-state index in [0.29, 0.717) is 29.6 Å². The van der Waals surface area contributed by atoms with Gasteiger partial charge in [-0.05, 0) is 55.6 Å². The average Bonchev–Trinajstić information content (AvgIpc) is 2.74. The van der Waals surface area contributed by atoms with E-state index in [2.05, 4.69) is 79.7 Å². The first-order valence-corrected chi connectivity index (χ1v) is 12.8. The van der Waals surface area contributed by atoms with Crippen LogP contribution >= 0.6 is 11.8 Å². The predicted molar refractivity (Wildman–Crippen MR) is 126 cm³/mol. The van der Waals surface area contributed by atoms with Crippen LogP contribution in [0.15, 0.2) is 29.2 Å². The number of hydrogen-bond donors (Lipinski definition) is 0. The average molecular weight is 435 g/mol. The first kappa shape index (κ1) is 24.1. The molecule has 0 amide bonds. The Labute approximate surface area is 188 Å². The second kappa shape index (κ2) is 10.4. The van der Waals surface area contributed by atoms with Crippen molar-refractivity contribution < 1.29 is 14.2 Å². The lowest BCUT2D eigenvalue weighted by molar-refractivity contribution is -0.291. The van der Waals surface area contributed by atoms with E-state index in [1.807, 2.05) is 0 Å². The fourth-order valence-corrected chi connectivity index (χ4v) is 6.23. The second-order valence-corrected chi connectivity index (χ2v) is 10.9. The minimum Gasteiger partial charge on any atom is -0.361 e. The molecule has 0 aliphatic carbocycles. The lowest BCUT2D eigenvalue weighted by Crippen LogP contribution is -2.53. The van der Waals surface area contributed by atoms with Gasteiger partial charge in [-0.15, -0.1) is 0 Å². The summed E-state index contributed by atoms with van der Waals surface area (Å²) in [7, 11) is 0. The van der Waals surface area contributed by atoms with Gasteiger partial charge in [-0.25, -0.2) is 0 Å². The molecule has 1 aromatic carbocycles. The molecule has 0 aromatic heterocycles. The second-order valence-electron chi connectivity index (χ2n) is 9.73. The molecule has 2 aliphatic heterocycles. The largest absolute Gasteiger partial charge is 0.361 e. The lowest BCUT2D eigenvalue weighted by Gasteiger charge is -2.49. The Balaban J connectivity index is 1.81. The summed E-state index contributed by atoms with van der Waals surface area (Å²) in [5.74, 6) is 2.40. The lowest BCUT2D eigenvalue weighted by atomic mass is 9.78. The van der Waals surface area contributed by atoms with Crippen LogP contribution in [-0.2, 0) is 14.2 Å². The quantitative estimate of drug-likeness (QED) is 0.485. The van der Waals surface area contributed by atoms with Gasteiger partial charge in [-0.1, -0.05) is 77.9 Å². The van der Waals surface area contributed by atoms with Crippen LogP contribution in [0.5, 0.6) is 0 Å². The highest BCUT2D eigenvalue weighted by molar-refractivity contribution is 7.99. The van der Waals surface area contributed by atoms with Crippen LogP contribution in [0.25, 0.3) is 0 Å². The summed E-state index contributed by atoms with van der Waals surface area (Å²) in [5, 5.41) is 0. The number of ether oxygens (including phenoxy) is 3. The molecule has 4 heteroatoms. The first-order chi connectivity index (χ1) is 14.3. The number of aryl methyl sites for hydroxylation is 1. The molecule has 30 heavy (non-hydrogen) atoms. The first-order valence-electron chi connectivity index (χ1n) is 12.0. The van der Waals surface area contributed by atoms with Crippen molar-refractivity contribution in [2.45, 2.75) is 103 Å². The minimum atomic E-state index is -0.163. The van der Waals surface area contributed by atoms with Crippen molar-refractivity contribution in [2.24, 2.45) is 29.6 Å². The van der Waals surface area contributed by atoms with Gasteiger partial charge in [-0.2, -0.15) is 0 Å². The van der Waals surface area contributed by atoms with Crippen molar-refractivity contribution in [1.82, 2.24) is 0 Å². The predicted octanol–water partition coefficient (Wildman–Crippen LogP) is 6.92. The monoisotopic (exact) mass is 434 g/mol. The van der Waals surface area contributed by atoms with Crippen molar-refractivity contribution in [3.63, 3.8) is 0 Å². The van der Waals surface area contributed by atoms with Crippen LogP contribution in [0.4, 0.5) is 0 Å². The van der Waals surface area contributed by atoms with Gasteiger partial charge in [0.2, 0.25) is 0 Å². The molecule has 2 aliphatic rings. The van der Waals surface area contributed by atoms with Gasteiger partial charge >= 0.3 is 0 Å². The zero-order chi connectivity index (χ0) is 22.0. The van der Waals surface area contributed by atoms with Crippen molar-refractivity contribution >= 4 is 11.8 Å². The molecule has 1 aromatic rings. The molecule has 2 heterocycles. The molecule has 0 bridgehead atoms. The molecule has 0 spiro atoms. The van der Waals surface area contributed by atoms with Gasteiger partial charge in [0.25, 0.3) is 0 Å². The van der Waals surface area contributed by atoms with E-state index in [4.69, 9.17) is 14.2 Å². The van der Waals surface area contributed by atoms with Crippen molar-refractivity contribution in [3.8, 4) is 0 Å². The zero-order valence-corrected chi connectivity index (χ0v) is 20.9. The van der Waals surface area contributed by atoms with Crippen molar-refractivity contribution in [3.05, 3.63) is 29.8 Å². The van der Waals surface area contributed by atoms with E-state index in [9.17, 15) is 0 Å². The molecule has 0 N–H and O–H groups in total. The summed E-state index contributed by atoms with van der Waals surface area (Å²) in [6.45, 7) is 18.2. The van der Waals surface area contributed by atoms with E-state index in [1.54, 1.807) is 11.8 Å². The Morgan fingerprint density at radius 1 is 0.767 bits per heavy atom. The highest BCUT2D eigenvalue weighted by Gasteiger charge is 2.46. The molecule has 0 saturated carbocycles. The number of hydrogen-bond acceptors (Lipinski definition) is 4. The Bertz CT molecular complexity index is 661. The highest BCUT2D eigenvalue weighted by Crippen LogP contribution is 2.44. The standard InChI is InChI=1S/C26H42O3S/c1-9-22-17(5)16(4)20(8)25(27-22)29-24-19(7)18(6)23(10-2)28-26(24)30-21-13-11-15(3)12-14-21/h11-14,16-20,22-26H,9-10H2,1-8H3/t16-,17-,18-,19-,20?,22?,23?,24?,25+,26+/m0/s1.